The molecule has 10 aromatic rings. The number of carboxylic acids is 2. The molecule has 28 heteroatoms. The molecule has 0 bridgehead atoms. The summed E-state index contributed by atoms with van der Waals surface area (Å²) in [5.74, 6) is -6.50. The zero-order valence-corrected chi connectivity index (χ0v) is 71.9. The van der Waals surface area contributed by atoms with E-state index in [4.69, 9.17) is 86.4 Å². The summed E-state index contributed by atoms with van der Waals surface area (Å²) < 4.78 is 103. The molecule has 624 valence electrons. The zero-order valence-electron chi connectivity index (χ0n) is 75.5. The number of aliphatic carboxylic acids is 1. The molecule has 0 aliphatic carbocycles. The zero-order chi connectivity index (χ0) is 95.6. The van der Waals surface area contributed by atoms with Gasteiger partial charge in [-0.3, -0.25) is 47.5 Å². The number of alkyl halides is 2. The van der Waals surface area contributed by atoms with E-state index in [1.807, 2.05) is 69.3 Å². The lowest BCUT2D eigenvalue weighted by Gasteiger charge is -2.26. The van der Waals surface area contributed by atoms with Gasteiger partial charge >= 0.3 is 29.8 Å². The van der Waals surface area contributed by atoms with E-state index in [9.17, 15) is 57.8 Å². The number of nitrogen functional groups attached to an aromatic ring is 1. The molecule has 0 aliphatic rings. The average molecular weight is 1810 g/mol. The van der Waals surface area contributed by atoms with E-state index in [0.717, 1.165) is 37.7 Å². The predicted octanol–water partition coefficient (Wildman–Crippen LogP) is 18.7. The number of ether oxygens (including phenoxy) is 6. The van der Waals surface area contributed by atoms with E-state index in [1.54, 1.807) is 84.0 Å². The molecule has 2 atom stereocenters. The van der Waals surface area contributed by atoms with Gasteiger partial charge in [-0.1, -0.05) is 158 Å². The number of ketones is 3. The second-order valence-electron chi connectivity index (χ2n) is 28.4. The SMILES string of the molecule is BrCc1ccccc1.CC(C)(C)OC(=O)CBr.Nc1ccc(C(=O)O)cc1.[2H]C([2H])([2H])C(=O)c1ccc(Cl)cc1-c1cc(=O)n(C(Cc2ccccc2)C(=O)O)cc1OC.[2H]C([2H])([2H])C(=O)c1ccc(Cl)cc1-c1cc(=O)n(C(Cc2ccccc2)C(=O)OC(C)(C)C)cc1OC.[2H]C([2H])([2H])C(=O)c1ccc(Cl)cc1-c1cc(=O)n(CC(=O)OC(C)(C)C)cc1OC. The molecule has 3 heterocycles. The molecule has 0 saturated carbocycles. The van der Waals surface area contributed by atoms with Gasteiger partial charge in [0.2, 0.25) is 0 Å². The van der Waals surface area contributed by atoms with Crippen LogP contribution in [0.3, 0.4) is 0 Å². The monoisotopic (exact) mass is 1810 g/mol. The van der Waals surface area contributed by atoms with Crippen LogP contribution in [0.25, 0.3) is 33.4 Å². The molecule has 10 rings (SSSR count). The Morgan fingerprint density at radius 2 is 0.788 bits per heavy atom. The minimum Gasteiger partial charge on any atom is -0.495 e. The molecule has 0 radical (unpaired) electrons. The van der Waals surface area contributed by atoms with E-state index in [0.29, 0.717) is 5.69 Å². The Labute approximate surface area is 729 Å². The van der Waals surface area contributed by atoms with Crippen molar-refractivity contribution >= 4 is 120 Å². The summed E-state index contributed by atoms with van der Waals surface area (Å²) >= 11 is 24.6. The number of carbonyl (C=O) groups is 8. The predicted molar refractivity (Wildman–Crippen MR) is 467 cm³/mol. The van der Waals surface area contributed by atoms with E-state index in [-0.39, 0.29) is 124 Å². The van der Waals surface area contributed by atoms with E-state index in [1.165, 1.54) is 123 Å². The fourth-order valence-corrected chi connectivity index (χ4v) is 11.9. The molecule has 0 fully saturated rings. The number of nitrogens with zero attached hydrogens (tertiary/aromatic N) is 3. The maximum atomic E-state index is 13.4. The summed E-state index contributed by atoms with van der Waals surface area (Å²) in [7, 11) is 4.02. The van der Waals surface area contributed by atoms with Crippen molar-refractivity contribution in [3.05, 3.63) is 292 Å². The van der Waals surface area contributed by atoms with Crippen molar-refractivity contribution in [1.29, 1.82) is 0 Å². The topological polar surface area (TPSA) is 324 Å². The summed E-state index contributed by atoms with van der Waals surface area (Å²) in [6, 6.07) is 47.8. The molecule has 0 amide bonds. The van der Waals surface area contributed by atoms with Crippen molar-refractivity contribution in [1.82, 2.24) is 13.7 Å². The van der Waals surface area contributed by atoms with Crippen LogP contribution >= 0.6 is 66.7 Å². The van der Waals surface area contributed by atoms with Crippen LogP contribution in [0.2, 0.25) is 15.1 Å². The first-order valence-corrected chi connectivity index (χ1v) is 39.1. The molecular formula is C90H95Br2Cl3N4O19. The molecule has 0 saturated heterocycles. The maximum absolute atomic E-state index is 13.4. The molecular weight excluding hydrogens is 1710 g/mol. The third kappa shape index (κ3) is 31.0. The lowest BCUT2D eigenvalue weighted by Crippen LogP contribution is -2.36. The standard InChI is InChI=1S/C27H28ClNO5.C23H20ClNO5.C20H22ClNO5.C7H7Br.C7H7NO2.C6H11BrO2/c1-17(30)20-12-11-19(28)14-21(20)22-15-25(31)29(16-24(22)33-5)23(26(32)34-27(2,3)4)13-18-9-7-6-8-10-18;1-14(26)17-9-8-16(24)11-18(17)19-12-22(27)25(13-21(19)30-2)20(23(28)29)10-15-6-4-3-5-7-15;1-12(23)14-7-6-13(21)8-15(14)16-9-18(24)22(10-17(16)26-5)11-19(25)27-20(2,3)4;8-6-7-4-2-1-3-5-7;8-6-3-1-5(2-4-6)7(9)10;1-6(2,3)9-5(8)4-7/h6-12,14-16,23H,13H2,1-5H3;3-9,11-13,20H,10H2,1-2H3,(H,28,29);6-10H,11H2,1-5H3;1-5H,6H2;1-4H,8H2,(H,9,10);4H2,1-3H3/i3*1D3;;;. The van der Waals surface area contributed by atoms with Crippen LogP contribution in [-0.4, -0.2) is 115 Å². The fourth-order valence-electron chi connectivity index (χ4n) is 10.9. The van der Waals surface area contributed by atoms with Crippen molar-refractivity contribution in [2.75, 3.05) is 32.4 Å². The van der Waals surface area contributed by atoms with Gasteiger partial charge in [0.15, 0.2) is 17.3 Å². The molecule has 118 heavy (non-hydrogen) atoms. The van der Waals surface area contributed by atoms with Crippen LogP contribution in [0.1, 0.15) is 165 Å². The number of Topliss-reactive ketones (excluding diaryl/α,β-unsaturated/α-hetero) is 3. The Morgan fingerprint density at radius 1 is 0.441 bits per heavy atom. The van der Waals surface area contributed by atoms with Crippen molar-refractivity contribution in [3.63, 3.8) is 0 Å². The van der Waals surface area contributed by atoms with Crippen LogP contribution in [0.15, 0.2) is 221 Å². The minimum absolute atomic E-state index is 0.0541. The number of pyridine rings is 3. The third-order valence-electron chi connectivity index (χ3n) is 16.0. The lowest BCUT2D eigenvalue weighted by molar-refractivity contribution is -0.159. The number of carbonyl (C=O) groups excluding carboxylic acids is 6. The Morgan fingerprint density at radius 3 is 1.11 bits per heavy atom. The number of esters is 3. The van der Waals surface area contributed by atoms with E-state index >= 15 is 0 Å². The Bertz CT molecular complexity index is 5720. The van der Waals surface area contributed by atoms with E-state index in [2.05, 4.69) is 44.0 Å². The Kier molecular flexibility index (Phi) is 32.1. The van der Waals surface area contributed by atoms with Gasteiger partial charge in [-0.05, 0) is 195 Å². The largest absolute Gasteiger partial charge is 0.495 e. The number of carboxylic acid groups (broad SMARTS) is 2. The van der Waals surface area contributed by atoms with Crippen molar-refractivity contribution < 1.29 is 89.3 Å². The van der Waals surface area contributed by atoms with Gasteiger partial charge in [0, 0.05) is 103 Å². The number of aromatic nitrogens is 3. The number of hydrogen-bond donors (Lipinski definition) is 3. The second-order valence-corrected chi connectivity index (χ2v) is 30.8. The molecule has 0 aliphatic heterocycles. The summed E-state index contributed by atoms with van der Waals surface area (Å²) in [6.07, 6.45) is 4.13. The number of methoxy groups -OCH3 is 3. The van der Waals surface area contributed by atoms with Gasteiger partial charge in [0.25, 0.3) is 16.7 Å². The van der Waals surface area contributed by atoms with Crippen molar-refractivity contribution in [2.45, 2.75) is 136 Å². The minimum atomic E-state index is -2.91. The normalized spacial score (nSPS) is 12.7. The van der Waals surface area contributed by atoms with Crippen LogP contribution in [-0.2, 0) is 58.1 Å². The number of hydrogen-bond acceptors (Lipinski definition) is 18. The first-order chi connectivity index (χ1) is 59.0. The van der Waals surface area contributed by atoms with Crippen molar-refractivity contribution in [2.24, 2.45) is 0 Å². The van der Waals surface area contributed by atoms with Gasteiger partial charge in [-0.15, -0.1) is 0 Å². The number of nitrogens with two attached hydrogens (primary N) is 1. The highest BCUT2D eigenvalue weighted by Gasteiger charge is 2.31. The van der Waals surface area contributed by atoms with Gasteiger partial charge in [-0.2, -0.15) is 0 Å². The third-order valence-corrected chi connectivity index (χ3v) is 17.8. The number of benzene rings is 7. The van der Waals surface area contributed by atoms with Gasteiger partial charge in [0.05, 0.1) is 45.5 Å². The van der Waals surface area contributed by atoms with Crippen LogP contribution in [0.4, 0.5) is 5.69 Å². The van der Waals surface area contributed by atoms with Gasteiger partial charge in [0.1, 0.15) is 58.0 Å². The number of anilines is 1. The molecule has 3 aromatic heterocycles. The molecule has 0 spiro atoms. The molecule has 7 aromatic carbocycles. The number of halogens is 5. The van der Waals surface area contributed by atoms with Crippen LogP contribution in [0, 0.1) is 0 Å². The van der Waals surface area contributed by atoms with Gasteiger partial charge < -0.3 is 48.9 Å². The number of rotatable bonds is 22. The average Bonchev–Trinajstić information content (AvgIpc) is 0.776. The first kappa shape index (κ1) is 83.3. The van der Waals surface area contributed by atoms with Crippen LogP contribution < -0.4 is 36.6 Å². The second kappa shape index (κ2) is 45.5. The molecule has 2 unspecified atom stereocenters. The fraction of sp³-hybridized carbons (Fsp3) is 0.278. The van der Waals surface area contributed by atoms with Gasteiger partial charge in [-0.25, -0.2) is 14.4 Å². The van der Waals surface area contributed by atoms with E-state index < -0.39 is 102 Å². The molecule has 4 N–H and O–H groups in total. The highest BCUT2D eigenvalue weighted by molar-refractivity contribution is 9.09. The lowest BCUT2D eigenvalue weighted by atomic mass is 9.97. The first-order valence-electron chi connectivity index (χ1n) is 40.2. The Balaban J connectivity index is 0.000000294. The van der Waals surface area contributed by atoms with Crippen molar-refractivity contribution in [3.8, 4) is 50.6 Å². The quantitative estimate of drug-likeness (QED) is 0.0187. The molecule has 23 nitrogen and oxygen atoms in total. The highest BCUT2D eigenvalue weighted by atomic mass is 79.9. The van der Waals surface area contributed by atoms with Crippen LogP contribution in [0.5, 0.6) is 17.2 Å². The summed E-state index contributed by atoms with van der Waals surface area (Å²) in [4.78, 5) is 135. The number of aromatic carboxylic acids is 1. The smallest absolute Gasteiger partial charge is 0.335 e. The summed E-state index contributed by atoms with van der Waals surface area (Å²) in [5, 5.41) is 20.1. The maximum Gasteiger partial charge on any atom is 0.335 e. The Hall–Kier alpha value is -11.2. The summed E-state index contributed by atoms with van der Waals surface area (Å²) in [6.45, 7) is 6.83. The summed E-state index contributed by atoms with van der Waals surface area (Å²) in [5.41, 5.74) is 5.79. The highest BCUT2D eigenvalue weighted by Crippen LogP contribution is 2.38.